The van der Waals surface area contributed by atoms with Crippen LogP contribution in [0.5, 0.6) is 0 Å². The minimum absolute atomic E-state index is 0.590. The molecule has 5 aromatic rings. The van der Waals surface area contributed by atoms with E-state index in [2.05, 4.69) is 26.4 Å². The number of benzene rings is 1. The van der Waals surface area contributed by atoms with Crippen LogP contribution in [0.25, 0.3) is 33.3 Å². The number of imidazole rings is 1. The van der Waals surface area contributed by atoms with Crippen LogP contribution in [0, 0.1) is 0 Å². The van der Waals surface area contributed by atoms with E-state index in [1.54, 1.807) is 31.1 Å². The number of hydrogen-bond donors (Lipinski definition) is 3. The van der Waals surface area contributed by atoms with Crippen molar-refractivity contribution in [1.82, 2.24) is 19.9 Å². The number of nitrogen functional groups attached to an aromatic ring is 1. The first-order valence-corrected chi connectivity index (χ1v) is 9.17. The largest absolute Gasteiger partial charge is 0.472 e. The molecule has 0 radical (unpaired) electrons. The molecule has 0 atom stereocenters. The van der Waals surface area contributed by atoms with E-state index in [9.17, 15) is 0 Å². The lowest BCUT2D eigenvalue weighted by Gasteiger charge is -2.10. The van der Waals surface area contributed by atoms with Crippen molar-refractivity contribution in [3.8, 4) is 22.3 Å². The minimum Gasteiger partial charge on any atom is -0.472 e. The number of H-pyrrole nitrogens is 1. The smallest absolute Gasteiger partial charge is 0.111 e. The Balaban J connectivity index is 1.55. The van der Waals surface area contributed by atoms with Crippen molar-refractivity contribution < 1.29 is 4.42 Å². The van der Waals surface area contributed by atoms with Crippen LogP contribution < -0.4 is 11.3 Å². The standard InChI is InChI=1S/C22H18N6O/c23-28-19-4-3-14(15-2-1-6-24-10-15)8-17(19)9-21-26-20-12-25-11-18(22(20)27-21)16-5-7-29-13-16/h1-8,10-13,28H,9,23H2,(H,26,27). The van der Waals surface area contributed by atoms with E-state index in [4.69, 9.17) is 15.2 Å². The average molecular weight is 382 g/mol. The molecule has 0 aliphatic carbocycles. The molecule has 5 rings (SSSR count). The molecular formula is C22H18N6O. The summed E-state index contributed by atoms with van der Waals surface area (Å²) in [5.74, 6) is 6.57. The topological polar surface area (TPSA) is 106 Å². The summed E-state index contributed by atoms with van der Waals surface area (Å²) in [7, 11) is 0. The lowest BCUT2D eigenvalue weighted by atomic mass is 10.0. The van der Waals surface area contributed by atoms with Crippen LogP contribution in [0.4, 0.5) is 5.69 Å². The van der Waals surface area contributed by atoms with Crippen LogP contribution in [0.2, 0.25) is 0 Å². The number of hydrazine groups is 1. The Morgan fingerprint density at radius 3 is 2.76 bits per heavy atom. The number of aromatic amines is 1. The molecule has 7 heteroatoms. The highest BCUT2D eigenvalue weighted by Crippen LogP contribution is 2.29. The Hall–Kier alpha value is -3.97. The van der Waals surface area contributed by atoms with Gasteiger partial charge in [-0.2, -0.15) is 0 Å². The summed E-state index contributed by atoms with van der Waals surface area (Å²) >= 11 is 0. The van der Waals surface area contributed by atoms with Crippen molar-refractivity contribution in [2.75, 3.05) is 5.43 Å². The van der Waals surface area contributed by atoms with Gasteiger partial charge in [0.2, 0.25) is 0 Å². The van der Waals surface area contributed by atoms with Crippen LogP contribution in [-0.2, 0) is 6.42 Å². The Morgan fingerprint density at radius 1 is 1.00 bits per heavy atom. The third-order valence-corrected chi connectivity index (χ3v) is 4.89. The zero-order chi connectivity index (χ0) is 19.6. The highest BCUT2D eigenvalue weighted by molar-refractivity contribution is 5.90. The minimum atomic E-state index is 0.590. The first kappa shape index (κ1) is 17.2. The Bertz CT molecular complexity index is 1260. The van der Waals surface area contributed by atoms with Gasteiger partial charge in [-0.05, 0) is 41.0 Å². The number of nitrogens with one attached hydrogen (secondary N) is 2. The molecule has 0 aliphatic rings. The molecule has 4 N–H and O–H groups in total. The number of rotatable bonds is 5. The van der Waals surface area contributed by atoms with Crippen molar-refractivity contribution in [1.29, 1.82) is 0 Å². The SMILES string of the molecule is NNc1ccc(-c2cccnc2)cc1Cc1nc2c(-c3ccoc3)cncc2[nH]1. The predicted octanol–water partition coefficient (Wildman–Crippen LogP) is 4.16. The number of aromatic nitrogens is 4. The number of anilines is 1. The van der Waals surface area contributed by atoms with Crippen LogP contribution in [-0.4, -0.2) is 19.9 Å². The molecule has 4 aromatic heterocycles. The van der Waals surface area contributed by atoms with E-state index < -0.39 is 0 Å². The maximum absolute atomic E-state index is 5.74. The third kappa shape index (κ3) is 3.24. The maximum Gasteiger partial charge on any atom is 0.111 e. The number of fused-ring (bicyclic) bond motifs is 1. The molecule has 0 saturated heterocycles. The Kier molecular flexibility index (Phi) is 4.27. The molecule has 0 bridgehead atoms. The normalized spacial score (nSPS) is 11.1. The van der Waals surface area contributed by atoms with Gasteiger partial charge in [0.05, 0.1) is 35.4 Å². The van der Waals surface area contributed by atoms with Crippen LogP contribution in [0.1, 0.15) is 11.4 Å². The van der Waals surface area contributed by atoms with Gasteiger partial charge in [0.15, 0.2) is 0 Å². The number of hydrogen-bond acceptors (Lipinski definition) is 6. The zero-order valence-corrected chi connectivity index (χ0v) is 15.5. The van der Waals surface area contributed by atoms with E-state index in [1.807, 2.05) is 36.5 Å². The van der Waals surface area contributed by atoms with Crippen LogP contribution in [0.15, 0.2) is 78.1 Å². The van der Waals surface area contributed by atoms with Crippen molar-refractivity contribution in [2.24, 2.45) is 5.84 Å². The summed E-state index contributed by atoms with van der Waals surface area (Å²) in [4.78, 5) is 16.7. The van der Waals surface area contributed by atoms with E-state index in [-0.39, 0.29) is 0 Å². The van der Waals surface area contributed by atoms with Gasteiger partial charge in [-0.15, -0.1) is 0 Å². The number of nitrogens with two attached hydrogens (primary N) is 1. The number of pyridine rings is 2. The molecular weight excluding hydrogens is 364 g/mol. The van der Waals surface area contributed by atoms with Crippen molar-refractivity contribution >= 4 is 16.7 Å². The summed E-state index contributed by atoms with van der Waals surface area (Å²) in [5.41, 5.74) is 10.4. The third-order valence-electron chi connectivity index (χ3n) is 4.89. The van der Waals surface area contributed by atoms with Gasteiger partial charge < -0.3 is 14.8 Å². The highest BCUT2D eigenvalue weighted by Gasteiger charge is 2.13. The van der Waals surface area contributed by atoms with Crippen molar-refractivity contribution in [3.05, 3.63) is 85.1 Å². The van der Waals surface area contributed by atoms with Crippen LogP contribution in [0.3, 0.4) is 0 Å². The second-order valence-electron chi connectivity index (χ2n) is 6.71. The monoisotopic (exact) mass is 382 g/mol. The summed E-state index contributed by atoms with van der Waals surface area (Å²) in [6, 6.07) is 12.0. The predicted molar refractivity (Wildman–Crippen MR) is 112 cm³/mol. The molecule has 1 aromatic carbocycles. The molecule has 0 spiro atoms. The van der Waals surface area contributed by atoms with Crippen molar-refractivity contribution in [2.45, 2.75) is 6.42 Å². The molecule has 0 saturated carbocycles. The fourth-order valence-electron chi connectivity index (χ4n) is 3.47. The second kappa shape index (κ2) is 7.21. The van der Waals surface area contributed by atoms with E-state index in [0.29, 0.717) is 6.42 Å². The molecule has 29 heavy (non-hydrogen) atoms. The Morgan fingerprint density at radius 2 is 1.97 bits per heavy atom. The van der Waals surface area contributed by atoms with Gasteiger partial charge >= 0.3 is 0 Å². The molecule has 0 aliphatic heterocycles. The number of furan rings is 1. The highest BCUT2D eigenvalue weighted by atomic mass is 16.3. The molecule has 0 amide bonds. The quantitative estimate of drug-likeness (QED) is 0.311. The molecule has 0 unspecified atom stereocenters. The summed E-state index contributed by atoms with van der Waals surface area (Å²) in [6.45, 7) is 0. The lowest BCUT2D eigenvalue weighted by molar-refractivity contribution is 0.568. The molecule has 4 heterocycles. The van der Waals surface area contributed by atoms with E-state index in [0.717, 1.165) is 50.4 Å². The fraction of sp³-hybridized carbons (Fsp3) is 0.0455. The summed E-state index contributed by atoms with van der Waals surface area (Å²) in [5, 5.41) is 0. The van der Waals surface area contributed by atoms with Gasteiger partial charge in [0, 0.05) is 36.1 Å². The average Bonchev–Trinajstić information content (AvgIpc) is 3.44. The maximum atomic E-state index is 5.74. The van der Waals surface area contributed by atoms with Gasteiger partial charge in [-0.1, -0.05) is 12.1 Å². The number of nitrogens with zero attached hydrogens (tertiary/aromatic N) is 3. The fourth-order valence-corrected chi connectivity index (χ4v) is 3.47. The first-order valence-electron chi connectivity index (χ1n) is 9.17. The molecule has 7 nitrogen and oxygen atoms in total. The van der Waals surface area contributed by atoms with Crippen LogP contribution >= 0.6 is 0 Å². The zero-order valence-electron chi connectivity index (χ0n) is 15.5. The molecule has 142 valence electrons. The van der Waals surface area contributed by atoms with Crippen molar-refractivity contribution in [3.63, 3.8) is 0 Å². The lowest BCUT2D eigenvalue weighted by Crippen LogP contribution is -2.09. The van der Waals surface area contributed by atoms with Gasteiger partial charge in [-0.25, -0.2) is 4.98 Å². The Labute approximate surface area is 166 Å². The first-order chi connectivity index (χ1) is 14.3. The van der Waals surface area contributed by atoms with Gasteiger partial charge in [0.25, 0.3) is 0 Å². The van der Waals surface area contributed by atoms with E-state index >= 15 is 0 Å². The summed E-state index contributed by atoms with van der Waals surface area (Å²) < 4.78 is 5.21. The van der Waals surface area contributed by atoms with E-state index in [1.165, 1.54) is 0 Å². The molecule has 0 fully saturated rings. The summed E-state index contributed by atoms with van der Waals surface area (Å²) in [6.07, 6.45) is 11.1. The van der Waals surface area contributed by atoms with Gasteiger partial charge in [-0.3, -0.25) is 15.8 Å². The second-order valence-corrected chi connectivity index (χ2v) is 6.71. The van der Waals surface area contributed by atoms with Gasteiger partial charge in [0.1, 0.15) is 5.82 Å².